The first kappa shape index (κ1) is 12.9. The van der Waals surface area contributed by atoms with Crippen molar-refractivity contribution < 1.29 is 0 Å². The quantitative estimate of drug-likeness (QED) is 0.883. The average molecular weight is 243 g/mol. The molecule has 2 atom stereocenters. The van der Waals surface area contributed by atoms with Gasteiger partial charge in [-0.05, 0) is 30.5 Å². The molecule has 1 aliphatic carbocycles. The van der Waals surface area contributed by atoms with Crippen LogP contribution in [0.1, 0.15) is 24.8 Å². The zero-order valence-corrected chi connectivity index (χ0v) is 11.2. The zero-order chi connectivity index (χ0) is 13.0. The van der Waals surface area contributed by atoms with Crippen LogP contribution in [0, 0.1) is 17.2 Å². The van der Waals surface area contributed by atoms with Crippen LogP contribution >= 0.6 is 0 Å². The van der Waals surface area contributed by atoms with Gasteiger partial charge in [-0.1, -0.05) is 18.6 Å². The Balaban J connectivity index is 1.88. The van der Waals surface area contributed by atoms with Gasteiger partial charge in [0.05, 0.1) is 12.0 Å². The lowest BCUT2D eigenvalue weighted by Gasteiger charge is -2.16. The third kappa shape index (κ3) is 3.02. The Morgan fingerprint density at radius 2 is 2.00 bits per heavy atom. The molecule has 0 spiro atoms. The van der Waals surface area contributed by atoms with Gasteiger partial charge < -0.3 is 10.2 Å². The van der Waals surface area contributed by atoms with Gasteiger partial charge in [-0.15, -0.1) is 0 Å². The molecule has 1 aliphatic rings. The van der Waals surface area contributed by atoms with Crippen molar-refractivity contribution in [2.45, 2.75) is 31.8 Å². The van der Waals surface area contributed by atoms with Crippen LogP contribution in [-0.2, 0) is 6.54 Å². The van der Waals surface area contributed by atoms with E-state index >= 15 is 0 Å². The van der Waals surface area contributed by atoms with Gasteiger partial charge in [-0.25, -0.2) is 0 Å². The Morgan fingerprint density at radius 3 is 2.61 bits per heavy atom. The van der Waals surface area contributed by atoms with Crippen molar-refractivity contribution in [2.75, 3.05) is 19.0 Å². The van der Waals surface area contributed by atoms with Crippen molar-refractivity contribution in [3.8, 4) is 6.07 Å². The largest absolute Gasteiger partial charge is 0.378 e. The number of rotatable bonds is 4. The van der Waals surface area contributed by atoms with Gasteiger partial charge in [0.25, 0.3) is 0 Å². The first-order valence-corrected chi connectivity index (χ1v) is 6.60. The monoisotopic (exact) mass is 243 g/mol. The van der Waals surface area contributed by atoms with Crippen LogP contribution < -0.4 is 10.2 Å². The highest BCUT2D eigenvalue weighted by molar-refractivity contribution is 5.45. The molecule has 1 fully saturated rings. The van der Waals surface area contributed by atoms with E-state index in [1.54, 1.807) is 0 Å². The number of anilines is 1. The SMILES string of the molecule is CN(C)c1ccc(CNC2CCCC2C#N)cc1. The van der Waals surface area contributed by atoms with Crippen LogP contribution in [0.25, 0.3) is 0 Å². The zero-order valence-electron chi connectivity index (χ0n) is 11.2. The van der Waals surface area contributed by atoms with Gasteiger partial charge in [0.2, 0.25) is 0 Å². The lowest BCUT2D eigenvalue weighted by atomic mass is 10.1. The number of hydrogen-bond donors (Lipinski definition) is 1. The minimum atomic E-state index is 0.200. The first-order valence-electron chi connectivity index (χ1n) is 6.60. The summed E-state index contributed by atoms with van der Waals surface area (Å²) in [5, 5.41) is 12.5. The van der Waals surface area contributed by atoms with E-state index in [0.717, 1.165) is 19.4 Å². The number of benzene rings is 1. The van der Waals surface area contributed by atoms with Crippen molar-refractivity contribution in [1.82, 2.24) is 5.32 Å². The molecular weight excluding hydrogens is 222 g/mol. The van der Waals surface area contributed by atoms with Crippen LogP contribution in [-0.4, -0.2) is 20.1 Å². The summed E-state index contributed by atoms with van der Waals surface area (Å²) in [6, 6.07) is 11.4. The third-order valence-corrected chi connectivity index (χ3v) is 3.70. The number of hydrogen-bond acceptors (Lipinski definition) is 3. The molecule has 18 heavy (non-hydrogen) atoms. The van der Waals surface area contributed by atoms with Crippen LogP contribution in [0.2, 0.25) is 0 Å². The smallest absolute Gasteiger partial charge is 0.0672 e. The van der Waals surface area contributed by atoms with Crippen molar-refractivity contribution in [1.29, 1.82) is 5.26 Å². The van der Waals surface area contributed by atoms with E-state index in [9.17, 15) is 0 Å². The minimum absolute atomic E-state index is 0.200. The van der Waals surface area contributed by atoms with E-state index in [1.807, 2.05) is 14.1 Å². The molecule has 0 heterocycles. The van der Waals surface area contributed by atoms with Crippen molar-refractivity contribution in [3.63, 3.8) is 0 Å². The van der Waals surface area contributed by atoms with E-state index in [4.69, 9.17) is 5.26 Å². The summed E-state index contributed by atoms with van der Waals surface area (Å²) in [6.07, 6.45) is 3.36. The van der Waals surface area contributed by atoms with Crippen molar-refractivity contribution >= 4 is 5.69 Å². The van der Waals surface area contributed by atoms with Crippen LogP contribution in [0.15, 0.2) is 24.3 Å². The predicted molar refractivity (Wildman–Crippen MR) is 74.4 cm³/mol. The summed E-state index contributed by atoms with van der Waals surface area (Å²) in [5.41, 5.74) is 2.50. The Hall–Kier alpha value is -1.53. The summed E-state index contributed by atoms with van der Waals surface area (Å²) in [6.45, 7) is 0.858. The van der Waals surface area contributed by atoms with Gasteiger partial charge in [0.15, 0.2) is 0 Å². The van der Waals surface area contributed by atoms with Crippen molar-refractivity contribution in [2.24, 2.45) is 5.92 Å². The molecule has 96 valence electrons. The molecule has 1 N–H and O–H groups in total. The molecule has 2 unspecified atom stereocenters. The molecule has 0 saturated heterocycles. The van der Waals surface area contributed by atoms with Gasteiger partial charge in [0.1, 0.15) is 0 Å². The fraction of sp³-hybridized carbons (Fsp3) is 0.533. The van der Waals surface area contributed by atoms with Crippen LogP contribution in [0.4, 0.5) is 5.69 Å². The van der Waals surface area contributed by atoms with E-state index in [-0.39, 0.29) is 5.92 Å². The molecule has 0 radical (unpaired) electrons. The maximum atomic E-state index is 9.04. The fourth-order valence-electron chi connectivity index (χ4n) is 2.52. The molecule has 1 aromatic rings. The Morgan fingerprint density at radius 1 is 1.28 bits per heavy atom. The molecule has 0 amide bonds. The van der Waals surface area contributed by atoms with Gasteiger partial charge >= 0.3 is 0 Å². The van der Waals surface area contributed by atoms with E-state index in [2.05, 4.69) is 40.6 Å². The summed E-state index contributed by atoms with van der Waals surface area (Å²) in [4.78, 5) is 2.10. The number of nitrogens with one attached hydrogen (secondary N) is 1. The summed E-state index contributed by atoms with van der Waals surface area (Å²) in [5.74, 6) is 0.200. The highest BCUT2D eigenvalue weighted by Crippen LogP contribution is 2.25. The molecule has 3 heteroatoms. The normalized spacial score (nSPS) is 22.7. The van der Waals surface area contributed by atoms with Crippen LogP contribution in [0.5, 0.6) is 0 Å². The molecule has 0 aromatic heterocycles. The van der Waals surface area contributed by atoms with Crippen molar-refractivity contribution in [3.05, 3.63) is 29.8 Å². The Kier molecular flexibility index (Phi) is 4.22. The topological polar surface area (TPSA) is 39.1 Å². The van der Waals surface area contributed by atoms with Gasteiger partial charge in [-0.3, -0.25) is 0 Å². The average Bonchev–Trinajstić information content (AvgIpc) is 2.84. The van der Waals surface area contributed by atoms with Gasteiger partial charge in [0, 0.05) is 32.4 Å². The second kappa shape index (κ2) is 5.88. The highest BCUT2D eigenvalue weighted by atomic mass is 15.1. The summed E-state index contributed by atoms with van der Waals surface area (Å²) >= 11 is 0. The lowest BCUT2D eigenvalue weighted by molar-refractivity contribution is 0.464. The first-order chi connectivity index (χ1) is 8.70. The summed E-state index contributed by atoms with van der Waals surface area (Å²) < 4.78 is 0. The molecule has 2 rings (SSSR count). The van der Waals surface area contributed by atoms with Crippen LogP contribution in [0.3, 0.4) is 0 Å². The molecule has 1 aromatic carbocycles. The van der Waals surface area contributed by atoms with E-state index in [1.165, 1.54) is 17.7 Å². The molecule has 3 nitrogen and oxygen atoms in total. The molecule has 0 bridgehead atoms. The highest BCUT2D eigenvalue weighted by Gasteiger charge is 2.26. The van der Waals surface area contributed by atoms with Gasteiger partial charge in [-0.2, -0.15) is 5.26 Å². The number of nitrogens with zero attached hydrogens (tertiary/aromatic N) is 2. The standard InChI is InChI=1S/C15H21N3/c1-18(2)14-8-6-12(7-9-14)11-17-15-5-3-4-13(15)10-16/h6-9,13,15,17H,3-5,11H2,1-2H3. The maximum absolute atomic E-state index is 9.04. The fourth-order valence-corrected chi connectivity index (χ4v) is 2.52. The summed E-state index contributed by atoms with van der Waals surface area (Å²) in [7, 11) is 4.09. The van der Waals surface area contributed by atoms with E-state index < -0.39 is 0 Å². The number of nitriles is 1. The second-order valence-corrected chi connectivity index (χ2v) is 5.21. The van der Waals surface area contributed by atoms with E-state index in [0.29, 0.717) is 6.04 Å². The molecule has 1 saturated carbocycles. The Labute approximate surface area is 109 Å². The second-order valence-electron chi connectivity index (χ2n) is 5.21. The minimum Gasteiger partial charge on any atom is -0.378 e. The predicted octanol–water partition coefficient (Wildman–Crippen LogP) is 2.53. The third-order valence-electron chi connectivity index (χ3n) is 3.70. The Bertz CT molecular complexity index is 416. The lowest BCUT2D eigenvalue weighted by Crippen LogP contribution is -2.31. The maximum Gasteiger partial charge on any atom is 0.0672 e. The molecular formula is C15H21N3. The molecule has 0 aliphatic heterocycles.